The maximum atomic E-state index is 11.0. The van der Waals surface area contributed by atoms with Crippen LogP contribution in [0.25, 0.3) is 0 Å². The van der Waals surface area contributed by atoms with E-state index in [1.807, 2.05) is 13.8 Å². The lowest BCUT2D eigenvalue weighted by Gasteiger charge is -2.29. The maximum absolute atomic E-state index is 11.0. The van der Waals surface area contributed by atoms with Crippen LogP contribution in [0.5, 0.6) is 0 Å². The molecule has 1 aromatic rings. The van der Waals surface area contributed by atoms with Crippen LogP contribution in [0.3, 0.4) is 0 Å². The summed E-state index contributed by atoms with van der Waals surface area (Å²) in [5.74, 6) is -0.442. The number of carbonyl (C=O) groups excluding carboxylic acids is 1. The fourth-order valence-electron chi connectivity index (χ4n) is 1.55. The summed E-state index contributed by atoms with van der Waals surface area (Å²) in [6.45, 7) is 3.90. The van der Waals surface area contributed by atoms with Gasteiger partial charge in [-0.25, -0.2) is 0 Å². The van der Waals surface area contributed by atoms with E-state index in [1.165, 1.54) is 0 Å². The van der Waals surface area contributed by atoms with E-state index in [0.29, 0.717) is 21.4 Å². The zero-order chi connectivity index (χ0) is 13.2. The van der Waals surface area contributed by atoms with Gasteiger partial charge in [-0.3, -0.25) is 4.79 Å². The van der Waals surface area contributed by atoms with E-state index < -0.39 is 5.91 Å². The van der Waals surface area contributed by atoms with Crippen molar-refractivity contribution < 1.29 is 4.79 Å². The molecule has 17 heavy (non-hydrogen) atoms. The average molecular weight is 276 g/mol. The van der Waals surface area contributed by atoms with Crippen molar-refractivity contribution in [3.8, 4) is 0 Å². The SMILES string of the molecule is CC(C)N(CC(N)=O)c1c(Cl)cc(N)cc1Cl. The number of nitrogen functional groups attached to an aromatic ring is 1. The van der Waals surface area contributed by atoms with Crippen LogP contribution < -0.4 is 16.4 Å². The highest BCUT2D eigenvalue weighted by molar-refractivity contribution is 6.39. The quantitative estimate of drug-likeness (QED) is 0.828. The van der Waals surface area contributed by atoms with Crippen LogP contribution in [0.1, 0.15) is 13.8 Å². The first kappa shape index (κ1) is 13.9. The molecule has 0 heterocycles. The van der Waals surface area contributed by atoms with Gasteiger partial charge in [-0.15, -0.1) is 0 Å². The Morgan fingerprint density at radius 1 is 1.35 bits per heavy atom. The van der Waals surface area contributed by atoms with E-state index in [4.69, 9.17) is 34.7 Å². The minimum absolute atomic E-state index is 0.0427. The van der Waals surface area contributed by atoms with Gasteiger partial charge in [0.25, 0.3) is 0 Å². The number of nitrogens with zero attached hydrogens (tertiary/aromatic N) is 1. The fourth-order valence-corrected chi connectivity index (χ4v) is 2.27. The number of benzene rings is 1. The number of rotatable bonds is 4. The van der Waals surface area contributed by atoms with E-state index in [-0.39, 0.29) is 12.6 Å². The molecular formula is C11H15Cl2N3O. The van der Waals surface area contributed by atoms with Crippen molar-refractivity contribution in [3.63, 3.8) is 0 Å². The highest BCUT2D eigenvalue weighted by atomic mass is 35.5. The molecule has 6 heteroatoms. The molecule has 0 aromatic heterocycles. The molecule has 0 atom stereocenters. The highest BCUT2D eigenvalue weighted by Crippen LogP contribution is 2.36. The molecule has 1 amide bonds. The predicted molar refractivity (Wildman–Crippen MR) is 72.6 cm³/mol. The Labute approximate surface area is 110 Å². The lowest BCUT2D eigenvalue weighted by molar-refractivity contribution is -0.116. The molecule has 0 aliphatic rings. The second kappa shape index (κ2) is 5.47. The number of carbonyl (C=O) groups is 1. The second-order valence-electron chi connectivity index (χ2n) is 4.02. The van der Waals surface area contributed by atoms with Crippen LogP contribution in [0.4, 0.5) is 11.4 Å². The minimum atomic E-state index is -0.442. The van der Waals surface area contributed by atoms with Crippen molar-refractivity contribution in [1.29, 1.82) is 0 Å². The summed E-state index contributed by atoms with van der Waals surface area (Å²) in [5.41, 5.74) is 11.9. The summed E-state index contributed by atoms with van der Waals surface area (Å²) in [7, 11) is 0. The van der Waals surface area contributed by atoms with Crippen molar-refractivity contribution in [2.75, 3.05) is 17.2 Å². The fraction of sp³-hybridized carbons (Fsp3) is 0.364. The molecule has 0 spiro atoms. The lowest BCUT2D eigenvalue weighted by atomic mass is 10.2. The summed E-state index contributed by atoms with van der Waals surface area (Å²) in [4.78, 5) is 12.8. The number of primary amides is 1. The lowest BCUT2D eigenvalue weighted by Crippen LogP contribution is -2.39. The van der Waals surface area contributed by atoms with Crippen molar-refractivity contribution >= 4 is 40.5 Å². The van der Waals surface area contributed by atoms with Gasteiger partial charge in [0.05, 0.1) is 22.3 Å². The standard InChI is InChI=1S/C11H15Cl2N3O/c1-6(2)16(5-10(15)17)11-8(12)3-7(14)4-9(11)13/h3-4,6H,5,14H2,1-2H3,(H2,15,17). The Kier molecular flexibility index (Phi) is 4.48. The molecule has 0 bridgehead atoms. The van der Waals surface area contributed by atoms with E-state index in [9.17, 15) is 4.79 Å². The maximum Gasteiger partial charge on any atom is 0.236 e. The zero-order valence-corrected chi connectivity index (χ0v) is 11.2. The molecule has 0 unspecified atom stereocenters. The average Bonchev–Trinajstić information content (AvgIpc) is 2.13. The Balaban J connectivity index is 3.23. The normalized spacial score (nSPS) is 10.6. The first-order valence-corrected chi connectivity index (χ1v) is 5.88. The van der Waals surface area contributed by atoms with Gasteiger partial charge in [0.2, 0.25) is 5.91 Å². The molecule has 0 saturated carbocycles. The molecule has 4 nitrogen and oxygen atoms in total. The van der Waals surface area contributed by atoms with E-state index in [1.54, 1.807) is 17.0 Å². The smallest absolute Gasteiger partial charge is 0.236 e. The van der Waals surface area contributed by atoms with Gasteiger partial charge < -0.3 is 16.4 Å². The highest BCUT2D eigenvalue weighted by Gasteiger charge is 2.19. The van der Waals surface area contributed by atoms with Gasteiger partial charge in [0.15, 0.2) is 0 Å². The molecule has 0 saturated heterocycles. The third-order valence-corrected chi connectivity index (χ3v) is 2.85. The summed E-state index contributed by atoms with van der Waals surface area (Å²) in [6, 6.07) is 3.24. The molecule has 0 radical (unpaired) electrons. The van der Waals surface area contributed by atoms with E-state index in [0.717, 1.165) is 0 Å². The molecule has 0 fully saturated rings. The molecular weight excluding hydrogens is 261 g/mol. The number of amides is 1. The molecule has 94 valence electrons. The number of anilines is 2. The molecule has 1 rings (SSSR count). The summed E-state index contributed by atoms with van der Waals surface area (Å²) in [5, 5.41) is 0.815. The Hall–Kier alpha value is -1.13. The number of hydrogen-bond acceptors (Lipinski definition) is 3. The monoisotopic (exact) mass is 275 g/mol. The zero-order valence-electron chi connectivity index (χ0n) is 9.71. The van der Waals surface area contributed by atoms with Crippen LogP contribution in [0, 0.1) is 0 Å². The predicted octanol–water partition coefficient (Wildman–Crippen LogP) is 2.28. The van der Waals surface area contributed by atoms with E-state index >= 15 is 0 Å². The van der Waals surface area contributed by atoms with Gasteiger partial charge >= 0.3 is 0 Å². The van der Waals surface area contributed by atoms with Crippen LogP contribution in [0.15, 0.2) is 12.1 Å². The van der Waals surface area contributed by atoms with Gasteiger partial charge in [-0.2, -0.15) is 0 Å². The third-order valence-electron chi connectivity index (χ3n) is 2.28. The molecule has 1 aromatic carbocycles. The van der Waals surface area contributed by atoms with Crippen LogP contribution in [-0.4, -0.2) is 18.5 Å². The van der Waals surface area contributed by atoms with E-state index in [2.05, 4.69) is 0 Å². The molecule has 0 aliphatic heterocycles. The Bertz CT molecular complexity index is 412. The summed E-state index contributed by atoms with van der Waals surface area (Å²) >= 11 is 12.2. The molecule has 0 aliphatic carbocycles. The van der Waals surface area contributed by atoms with Gasteiger partial charge in [0.1, 0.15) is 0 Å². The second-order valence-corrected chi connectivity index (χ2v) is 4.84. The first-order valence-electron chi connectivity index (χ1n) is 5.12. The topological polar surface area (TPSA) is 72.3 Å². The van der Waals surface area contributed by atoms with Crippen molar-refractivity contribution in [3.05, 3.63) is 22.2 Å². The number of hydrogen-bond donors (Lipinski definition) is 2. The molecule has 4 N–H and O–H groups in total. The van der Waals surface area contributed by atoms with Crippen LogP contribution in [-0.2, 0) is 4.79 Å². The summed E-state index contributed by atoms with van der Waals surface area (Å²) < 4.78 is 0. The van der Waals surface area contributed by atoms with Crippen molar-refractivity contribution in [1.82, 2.24) is 0 Å². The Morgan fingerprint density at radius 3 is 2.18 bits per heavy atom. The van der Waals surface area contributed by atoms with Crippen LogP contribution >= 0.6 is 23.2 Å². The van der Waals surface area contributed by atoms with Crippen LogP contribution in [0.2, 0.25) is 10.0 Å². The minimum Gasteiger partial charge on any atom is -0.399 e. The van der Waals surface area contributed by atoms with Gasteiger partial charge in [0, 0.05) is 11.7 Å². The number of halogens is 2. The van der Waals surface area contributed by atoms with Gasteiger partial charge in [-0.1, -0.05) is 23.2 Å². The van der Waals surface area contributed by atoms with Gasteiger partial charge in [-0.05, 0) is 26.0 Å². The number of nitrogens with two attached hydrogens (primary N) is 2. The third kappa shape index (κ3) is 3.41. The first-order chi connectivity index (χ1) is 7.82. The van der Waals surface area contributed by atoms with Crippen molar-refractivity contribution in [2.45, 2.75) is 19.9 Å². The summed E-state index contributed by atoms with van der Waals surface area (Å²) in [6.07, 6.45) is 0. The van der Waals surface area contributed by atoms with Crippen molar-refractivity contribution in [2.24, 2.45) is 5.73 Å². The largest absolute Gasteiger partial charge is 0.399 e. The Morgan fingerprint density at radius 2 is 1.82 bits per heavy atom.